The van der Waals surface area contributed by atoms with Gasteiger partial charge < -0.3 is 4.90 Å². The van der Waals surface area contributed by atoms with Crippen LogP contribution in [0.25, 0.3) is 22.4 Å². The van der Waals surface area contributed by atoms with Crippen LogP contribution in [0.5, 0.6) is 0 Å². The zero-order chi connectivity index (χ0) is 16.6. The van der Waals surface area contributed by atoms with Gasteiger partial charge in [-0.1, -0.05) is 0 Å². The maximum atomic E-state index is 14.0. The molecule has 0 spiro atoms. The van der Waals surface area contributed by atoms with Gasteiger partial charge in [-0.25, -0.2) is 28.7 Å². The highest BCUT2D eigenvalue weighted by Gasteiger charge is 2.17. The lowest BCUT2D eigenvalue weighted by Crippen LogP contribution is -2.23. The van der Waals surface area contributed by atoms with Gasteiger partial charge in [0.2, 0.25) is 0 Å². The van der Waals surface area contributed by atoms with Crippen LogP contribution in [0.15, 0.2) is 30.7 Å². The SMILES string of the molecule is CN(C)C(=O)c1cnc2ncnc(-c3ccc(F)cc3F)c2n1. The van der Waals surface area contributed by atoms with Gasteiger partial charge in [0.1, 0.15) is 34.9 Å². The van der Waals surface area contributed by atoms with Gasteiger partial charge in [0, 0.05) is 25.7 Å². The second-order valence-corrected chi connectivity index (χ2v) is 4.97. The summed E-state index contributed by atoms with van der Waals surface area (Å²) in [6, 6.07) is 3.13. The van der Waals surface area contributed by atoms with Crippen molar-refractivity contribution in [3.8, 4) is 11.3 Å². The number of carbonyl (C=O) groups is 1. The Morgan fingerprint density at radius 2 is 1.91 bits per heavy atom. The zero-order valence-corrected chi connectivity index (χ0v) is 12.3. The molecule has 0 radical (unpaired) electrons. The van der Waals surface area contributed by atoms with Crippen molar-refractivity contribution in [3.05, 3.63) is 48.1 Å². The van der Waals surface area contributed by atoms with E-state index in [1.165, 1.54) is 23.5 Å². The second kappa shape index (κ2) is 5.64. The number of rotatable bonds is 2. The average molecular weight is 315 g/mol. The Labute approximate surface area is 129 Å². The number of aromatic nitrogens is 4. The first kappa shape index (κ1) is 14.9. The van der Waals surface area contributed by atoms with Crippen molar-refractivity contribution in [3.63, 3.8) is 0 Å². The van der Waals surface area contributed by atoms with E-state index in [2.05, 4.69) is 19.9 Å². The van der Waals surface area contributed by atoms with E-state index >= 15 is 0 Å². The number of nitrogens with zero attached hydrogens (tertiary/aromatic N) is 5. The molecule has 0 aliphatic carbocycles. The summed E-state index contributed by atoms with van der Waals surface area (Å²) in [4.78, 5) is 29.6. The third-order valence-electron chi connectivity index (χ3n) is 3.16. The van der Waals surface area contributed by atoms with E-state index in [-0.39, 0.29) is 34.0 Å². The monoisotopic (exact) mass is 315 g/mol. The summed E-state index contributed by atoms with van der Waals surface area (Å²) in [5.74, 6) is -1.83. The Kier molecular flexibility index (Phi) is 3.65. The van der Waals surface area contributed by atoms with E-state index in [1.807, 2.05) is 0 Å². The fraction of sp³-hybridized carbons (Fsp3) is 0.133. The van der Waals surface area contributed by atoms with Crippen molar-refractivity contribution >= 4 is 17.1 Å². The molecule has 2 aromatic heterocycles. The maximum Gasteiger partial charge on any atom is 0.273 e. The molecule has 0 saturated carbocycles. The molecule has 3 rings (SSSR count). The molecular formula is C15H11F2N5O. The van der Waals surface area contributed by atoms with Gasteiger partial charge in [-0.3, -0.25) is 4.79 Å². The van der Waals surface area contributed by atoms with E-state index in [0.717, 1.165) is 12.1 Å². The van der Waals surface area contributed by atoms with Gasteiger partial charge >= 0.3 is 0 Å². The minimum atomic E-state index is -0.781. The van der Waals surface area contributed by atoms with Crippen molar-refractivity contribution in [2.45, 2.75) is 0 Å². The normalized spacial score (nSPS) is 10.8. The lowest BCUT2D eigenvalue weighted by molar-refractivity contribution is 0.0822. The molecule has 0 unspecified atom stereocenters. The van der Waals surface area contributed by atoms with Crippen LogP contribution >= 0.6 is 0 Å². The van der Waals surface area contributed by atoms with E-state index in [1.54, 1.807) is 14.1 Å². The minimum absolute atomic E-state index is 0.0579. The third-order valence-corrected chi connectivity index (χ3v) is 3.16. The van der Waals surface area contributed by atoms with Gasteiger partial charge in [-0.05, 0) is 12.1 Å². The largest absolute Gasteiger partial charge is 0.343 e. The molecule has 1 amide bonds. The highest BCUT2D eigenvalue weighted by Crippen LogP contribution is 2.26. The number of hydrogen-bond donors (Lipinski definition) is 0. The van der Waals surface area contributed by atoms with Crippen molar-refractivity contribution in [2.24, 2.45) is 0 Å². The summed E-state index contributed by atoms with van der Waals surface area (Å²) in [7, 11) is 3.16. The molecule has 0 saturated heterocycles. The lowest BCUT2D eigenvalue weighted by Gasteiger charge is -2.10. The fourth-order valence-corrected chi connectivity index (χ4v) is 2.05. The van der Waals surface area contributed by atoms with E-state index in [9.17, 15) is 13.6 Å². The van der Waals surface area contributed by atoms with Gasteiger partial charge in [0.15, 0.2) is 5.65 Å². The van der Waals surface area contributed by atoms with Crippen LogP contribution in [0.4, 0.5) is 8.78 Å². The Balaban J connectivity index is 2.24. The highest BCUT2D eigenvalue weighted by atomic mass is 19.1. The molecule has 1 aromatic carbocycles. The topological polar surface area (TPSA) is 71.9 Å². The molecule has 2 heterocycles. The standard InChI is InChI=1S/C15H11F2N5O/c1-22(2)15(23)11-6-18-14-13(21-11)12(19-7-20-14)9-4-3-8(16)5-10(9)17/h3-7H,1-2H3. The van der Waals surface area contributed by atoms with Crippen LogP contribution in [-0.2, 0) is 0 Å². The Hall–Kier alpha value is -3.03. The molecular weight excluding hydrogens is 304 g/mol. The minimum Gasteiger partial charge on any atom is -0.343 e. The van der Waals surface area contributed by atoms with Gasteiger partial charge in [-0.2, -0.15) is 0 Å². The van der Waals surface area contributed by atoms with Crippen molar-refractivity contribution in [2.75, 3.05) is 14.1 Å². The first-order chi connectivity index (χ1) is 11.0. The lowest BCUT2D eigenvalue weighted by atomic mass is 10.1. The van der Waals surface area contributed by atoms with Crippen LogP contribution in [-0.4, -0.2) is 44.8 Å². The molecule has 3 aromatic rings. The summed E-state index contributed by atoms with van der Waals surface area (Å²) in [6.07, 6.45) is 2.51. The molecule has 0 N–H and O–H groups in total. The third kappa shape index (κ3) is 2.70. The summed E-state index contributed by atoms with van der Waals surface area (Å²) in [5.41, 5.74) is 0.678. The maximum absolute atomic E-state index is 14.0. The molecule has 0 atom stereocenters. The number of amides is 1. The quantitative estimate of drug-likeness (QED) is 0.724. The number of halogens is 2. The van der Waals surface area contributed by atoms with Crippen molar-refractivity contribution in [1.82, 2.24) is 24.8 Å². The molecule has 0 fully saturated rings. The fourth-order valence-electron chi connectivity index (χ4n) is 2.05. The van der Waals surface area contributed by atoms with Crippen molar-refractivity contribution in [1.29, 1.82) is 0 Å². The summed E-state index contributed by atoms with van der Waals surface area (Å²) >= 11 is 0. The zero-order valence-electron chi connectivity index (χ0n) is 12.3. The molecule has 116 valence electrons. The van der Waals surface area contributed by atoms with Gasteiger partial charge in [-0.15, -0.1) is 0 Å². The highest BCUT2D eigenvalue weighted by molar-refractivity contribution is 5.95. The summed E-state index contributed by atoms with van der Waals surface area (Å²) in [5, 5.41) is 0. The average Bonchev–Trinajstić information content (AvgIpc) is 2.53. The predicted molar refractivity (Wildman–Crippen MR) is 78.5 cm³/mol. The Morgan fingerprint density at radius 3 is 2.61 bits per heavy atom. The van der Waals surface area contributed by atoms with Crippen molar-refractivity contribution < 1.29 is 13.6 Å². The van der Waals surface area contributed by atoms with Crippen LogP contribution in [0.1, 0.15) is 10.5 Å². The molecule has 0 aliphatic heterocycles. The van der Waals surface area contributed by atoms with Crippen LogP contribution in [0, 0.1) is 11.6 Å². The number of hydrogen-bond acceptors (Lipinski definition) is 5. The van der Waals surface area contributed by atoms with Gasteiger partial charge in [0.05, 0.1) is 6.20 Å². The molecule has 0 aliphatic rings. The number of fused-ring (bicyclic) bond motifs is 1. The summed E-state index contributed by atoms with van der Waals surface area (Å²) < 4.78 is 27.1. The molecule has 8 heteroatoms. The number of benzene rings is 1. The first-order valence-electron chi connectivity index (χ1n) is 6.62. The van der Waals surface area contributed by atoms with Gasteiger partial charge in [0.25, 0.3) is 5.91 Å². The molecule has 6 nitrogen and oxygen atoms in total. The molecule has 0 bridgehead atoms. The summed E-state index contributed by atoms with van der Waals surface area (Å²) in [6.45, 7) is 0. The second-order valence-electron chi connectivity index (χ2n) is 4.97. The van der Waals surface area contributed by atoms with Crippen LogP contribution < -0.4 is 0 Å². The van der Waals surface area contributed by atoms with E-state index < -0.39 is 11.6 Å². The van der Waals surface area contributed by atoms with Crippen LogP contribution in [0.2, 0.25) is 0 Å². The van der Waals surface area contributed by atoms with E-state index in [0.29, 0.717) is 0 Å². The number of carbonyl (C=O) groups excluding carboxylic acids is 1. The Bertz CT molecular complexity index is 914. The van der Waals surface area contributed by atoms with E-state index in [4.69, 9.17) is 0 Å². The first-order valence-corrected chi connectivity index (χ1v) is 6.62. The Morgan fingerprint density at radius 1 is 1.13 bits per heavy atom. The smallest absolute Gasteiger partial charge is 0.273 e. The predicted octanol–water partition coefficient (Wildman–Crippen LogP) is 2.07. The molecule has 23 heavy (non-hydrogen) atoms. The van der Waals surface area contributed by atoms with Crippen LogP contribution in [0.3, 0.4) is 0 Å².